The zero-order valence-corrected chi connectivity index (χ0v) is 23.2. The van der Waals surface area contributed by atoms with Crippen molar-refractivity contribution < 1.29 is 34.3 Å². The molecule has 3 N–H and O–H groups in total. The summed E-state index contributed by atoms with van der Waals surface area (Å²) in [6.45, 7) is 0. The summed E-state index contributed by atoms with van der Waals surface area (Å²) >= 11 is 20.8. The van der Waals surface area contributed by atoms with Gasteiger partial charge in [-0.3, -0.25) is 29.0 Å². The number of alkyl halides is 2. The summed E-state index contributed by atoms with van der Waals surface area (Å²) in [5, 5.41) is 29.3. The lowest BCUT2D eigenvalue weighted by molar-refractivity contribution is -0.138. The highest BCUT2D eigenvalue weighted by Gasteiger charge is 2.76. The second-order valence-electron chi connectivity index (χ2n) is 10.7. The Morgan fingerprint density at radius 1 is 0.975 bits per heavy atom. The van der Waals surface area contributed by atoms with E-state index in [0.717, 1.165) is 9.80 Å². The highest BCUT2D eigenvalue weighted by molar-refractivity contribution is 6.58. The number of rotatable bonds is 3. The smallest absolute Gasteiger partial charge is 0.488 e. The monoisotopic (exact) mass is 602 g/mol. The van der Waals surface area contributed by atoms with Crippen molar-refractivity contribution in [2.75, 3.05) is 11.9 Å². The zero-order valence-electron chi connectivity index (χ0n) is 20.9. The van der Waals surface area contributed by atoms with Crippen molar-refractivity contribution in [3.05, 3.63) is 64.7 Å². The first-order valence-electron chi connectivity index (χ1n) is 12.6. The number of halogens is 3. The molecule has 2 saturated heterocycles. The number of hydrogen-bond donors (Lipinski definition) is 3. The number of aromatic hydroxyl groups is 1. The van der Waals surface area contributed by atoms with E-state index in [-0.39, 0.29) is 34.8 Å². The molecule has 0 spiro atoms. The van der Waals surface area contributed by atoms with E-state index in [2.05, 4.69) is 0 Å². The van der Waals surface area contributed by atoms with Gasteiger partial charge in [-0.2, -0.15) is 0 Å². The second-order valence-corrected chi connectivity index (χ2v) is 12.3. The molecule has 6 unspecified atom stereocenters. The van der Waals surface area contributed by atoms with Crippen molar-refractivity contribution in [2.45, 2.75) is 28.5 Å². The number of fused-ring (bicyclic) bond motifs is 4. The van der Waals surface area contributed by atoms with E-state index in [1.807, 2.05) is 0 Å². The third-order valence-corrected chi connectivity index (χ3v) is 10.5. The van der Waals surface area contributed by atoms with Gasteiger partial charge >= 0.3 is 7.12 Å². The van der Waals surface area contributed by atoms with Crippen molar-refractivity contribution >= 4 is 76.7 Å². The minimum Gasteiger partial charge on any atom is -0.508 e. The molecule has 2 aromatic rings. The summed E-state index contributed by atoms with van der Waals surface area (Å²) in [5.41, 5.74) is 1.21. The lowest BCUT2D eigenvalue weighted by Crippen LogP contribution is -2.60. The van der Waals surface area contributed by atoms with Gasteiger partial charge in [-0.1, -0.05) is 41.4 Å². The van der Waals surface area contributed by atoms with Crippen LogP contribution in [0.25, 0.3) is 0 Å². The van der Waals surface area contributed by atoms with Gasteiger partial charge in [-0.05, 0) is 54.1 Å². The fraction of sp³-hybridized carbons (Fsp3) is 0.333. The summed E-state index contributed by atoms with van der Waals surface area (Å²) in [4.78, 5) is 52.6. The van der Waals surface area contributed by atoms with Crippen LogP contribution in [0.2, 0.25) is 5.02 Å². The zero-order chi connectivity index (χ0) is 28.9. The number of hydrogen-bond acceptors (Lipinski definition) is 7. The van der Waals surface area contributed by atoms with Gasteiger partial charge < -0.3 is 15.2 Å². The Morgan fingerprint density at radius 2 is 1.70 bits per heavy atom. The number of carbonyl (C=O) groups excluding carboxylic acids is 4. The Morgan fingerprint density at radius 3 is 2.38 bits per heavy atom. The Hall–Kier alpha value is -2.89. The molecule has 4 aliphatic rings. The fourth-order valence-corrected chi connectivity index (χ4v) is 8.21. The average Bonchev–Trinajstić information content (AvgIpc) is 3.24. The first kappa shape index (κ1) is 27.3. The number of allylic oxidation sites excluding steroid dienone is 2. The van der Waals surface area contributed by atoms with Crippen LogP contribution in [0.15, 0.2) is 54.1 Å². The average molecular weight is 604 g/mol. The topological polar surface area (TPSA) is 135 Å². The molecule has 2 heterocycles. The molecular weight excluding hydrogens is 581 g/mol. The van der Waals surface area contributed by atoms with Crippen molar-refractivity contribution in [1.29, 1.82) is 0 Å². The molecule has 206 valence electrons. The van der Waals surface area contributed by atoms with E-state index in [1.54, 1.807) is 6.08 Å². The molecule has 40 heavy (non-hydrogen) atoms. The number of imide groups is 2. The predicted octanol–water partition coefficient (Wildman–Crippen LogP) is 1.92. The van der Waals surface area contributed by atoms with Crippen molar-refractivity contribution in [3.63, 3.8) is 0 Å². The molecule has 2 aliphatic carbocycles. The van der Waals surface area contributed by atoms with Gasteiger partial charge in [0, 0.05) is 18.0 Å². The molecule has 6 rings (SSSR count). The lowest BCUT2D eigenvalue weighted by atomic mass is 9.56. The van der Waals surface area contributed by atoms with E-state index in [4.69, 9.17) is 34.8 Å². The maximum absolute atomic E-state index is 14.0. The number of benzene rings is 2. The SMILES string of the molecule is CN1C(=O)C2(Cl)CC3C(=CCC4C(=O)N(c5cccc(B(O)O)c5)C(=O)C43)C(c3ccc(O)cc3Cl)C2(Cl)C1=O. The number of likely N-dealkylation sites (tertiary alicyclic amines) is 1. The van der Waals surface area contributed by atoms with Gasteiger partial charge in [0.2, 0.25) is 11.8 Å². The molecule has 2 aliphatic heterocycles. The molecule has 13 heteroatoms. The van der Waals surface area contributed by atoms with Crippen molar-refractivity contribution in [1.82, 2.24) is 4.90 Å². The summed E-state index contributed by atoms with van der Waals surface area (Å²) in [5.74, 6) is -6.00. The standard InChI is InChI=1S/C27H22BCl3N2O7/c1-32-24(37)26(30)11-18-15(21(27(26,31)25(32)38)16-6-5-14(34)10-19(16)29)7-8-17-20(18)23(36)33(22(17)35)13-4-2-3-12(9-13)28(39)40/h2-7,9-10,17-18,20-21,34,39-40H,8,11H2,1H3. The third kappa shape index (κ3) is 3.43. The van der Waals surface area contributed by atoms with E-state index >= 15 is 0 Å². The van der Waals surface area contributed by atoms with E-state index in [1.165, 1.54) is 49.5 Å². The first-order valence-corrected chi connectivity index (χ1v) is 13.7. The van der Waals surface area contributed by atoms with Gasteiger partial charge in [0.15, 0.2) is 9.75 Å². The van der Waals surface area contributed by atoms with Crippen molar-refractivity contribution in [2.24, 2.45) is 17.8 Å². The second kappa shape index (κ2) is 9.06. The number of phenolic OH excluding ortho intramolecular Hbond substituents is 1. The molecular formula is C27H22BCl3N2O7. The highest BCUT2D eigenvalue weighted by atomic mass is 35.5. The summed E-state index contributed by atoms with van der Waals surface area (Å²) in [7, 11) is -0.504. The van der Waals surface area contributed by atoms with E-state index < -0.39 is 64.2 Å². The number of amides is 4. The highest BCUT2D eigenvalue weighted by Crippen LogP contribution is 2.65. The Labute approximate surface area is 244 Å². The van der Waals surface area contributed by atoms with Gasteiger partial charge in [-0.15, -0.1) is 23.2 Å². The molecule has 1 saturated carbocycles. The largest absolute Gasteiger partial charge is 0.508 e. The molecule has 9 nitrogen and oxygen atoms in total. The lowest BCUT2D eigenvalue weighted by Gasteiger charge is -2.51. The molecule has 0 aromatic heterocycles. The predicted molar refractivity (Wildman–Crippen MR) is 147 cm³/mol. The van der Waals surface area contributed by atoms with Crippen LogP contribution in [-0.4, -0.2) is 67.6 Å². The number of carbonyl (C=O) groups is 4. The Kier molecular flexibility index (Phi) is 6.18. The molecule has 2 aromatic carbocycles. The number of nitrogens with zero attached hydrogens (tertiary/aromatic N) is 2. The van der Waals surface area contributed by atoms with Gasteiger partial charge in [0.25, 0.3) is 11.8 Å². The van der Waals surface area contributed by atoms with Crippen LogP contribution in [0.3, 0.4) is 0 Å². The molecule has 3 fully saturated rings. The maximum atomic E-state index is 14.0. The van der Waals surface area contributed by atoms with Gasteiger partial charge in [0.05, 0.1) is 17.5 Å². The third-order valence-electron chi connectivity index (χ3n) is 8.74. The number of phenols is 1. The minimum absolute atomic E-state index is 0.0948. The van der Waals surface area contributed by atoms with Crippen LogP contribution in [0.4, 0.5) is 5.69 Å². The Bertz CT molecular complexity index is 1550. The summed E-state index contributed by atoms with van der Waals surface area (Å²) in [6.07, 6.45) is 1.76. The maximum Gasteiger partial charge on any atom is 0.488 e. The fourth-order valence-electron chi connectivity index (χ4n) is 6.92. The van der Waals surface area contributed by atoms with Crippen LogP contribution in [-0.2, 0) is 19.2 Å². The van der Waals surface area contributed by atoms with Crippen LogP contribution in [0, 0.1) is 17.8 Å². The minimum atomic E-state index is -1.98. The van der Waals surface area contributed by atoms with Crippen molar-refractivity contribution in [3.8, 4) is 5.75 Å². The number of anilines is 1. The Balaban J connectivity index is 1.51. The molecule has 4 amide bonds. The van der Waals surface area contributed by atoms with Gasteiger partial charge in [-0.25, -0.2) is 0 Å². The summed E-state index contributed by atoms with van der Waals surface area (Å²) < 4.78 is 0. The van der Waals surface area contributed by atoms with E-state index in [0.29, 0.717) is 11.1 Å². The normalized spacial score (nSPS) is 33.1. The van der Waals surface area contributed by atoms with Crippen LogP contribution in [0.1, 0.15) is 24.3 Å². The van der Waals surface area contributed by atoms with Crippen LogP contribution >= 0.6 is 34.8 Å². The first-order chi connectivity index (χ1) is 18.8. The molecule has 0 bridgehead atoms. The van der Waals surface area contributed by atoms with Gasteiger partial charge in [0.1, 0.15) is 5.75 Å². The molecule has 6 atom stereocenters. The summed E-state index contributed by atoms with van der Waals surface area (Å²) in [6, 6.07) is 10.0. The van der Waals surface area contributed by atoms with Crippen LogP contribution in [0.5, 0.6) is 5.75 Å². The quantitative estimate of drug-likeness (QED) is 0.211. The molecule has 0 radical (unpaired) electrons. The van der Waals surface area contributed by atoms with Crippen LogP contribution < -0.4 is 10.4 Å². The van der Waals surface area contributed by atoms with E-state index in [9.17, 15) is 34.3 Å².